The fourth-order valence-electron chi connectivity index (χ4n) is 5.13. The molecule has 6 rings (SSSR count). The molecule has 1 aliphatic rings. The minimum absolute atomic E-state index is 0.0831. The van der Waals surface area contributed by atoms with Crippen LogP contribution in [0.15, 0.2) is 90.5 Å². The number of hydrogen-bond acceptors (Lipinski definition) is 5. The van der Waals surface area contributed by atoms with Gasteiger partial charge in [0.2, 0.25) is 0 Å². The maximum absolute atomic E-state index is 13.2. The molecular formula is C31H25N3O3. The average Bonchev–Trinajstić information content (AvgIpc) is 3.47. The molecule has 1 aliphatic carbocycles. The van der Waals surface area contributed by atoms with Crippen molar-refractivity contribution >= 4 is 45.0 Å². The van der Waals surface area contributed by atoms with Gasteiger partial charge in [0.15, 0.2) is 0 Å². The van der Waals surface area contributed by atoms with Crippen molar-refractivity contribution in [2.75, 3.05) is 7.11 Å². The van der Waals surface area contributed by atoms with E-state index in [4.69, 9.17) is 9.57 Å². The van der Waals surface area contributed by atoms with E-state index in [0.29, 0.717) is 11.0 Å². The van der Waals surface area contributed by atoms with E-state index in [-0.39, 0.29) is 6.42 Å². The molecule has 5 aromatic rings. The molecule has 1 heterocycles. The molecule has 0 fully saturated rings. The second-order valence-corrected chi connectivity index (χ2v) is 8.95. The number of ether oxygens (including phenoxy) is 1. The molecule has 6 heteroatoms. The zero-order valence-corrected chi connectivity index (χ0v) is 20.6. The highest BCUT2D eigenvalue weighted by Crippen LogP contribution is 2.48. The molecule has 0 saturated carbocycles. The number of benzene rings is 4. The van der Waals surface area contributed by atoms with Crippen LogP contribution in [0.5, 0.6) is 5.75 Å². The smallest absolute Gasteiger partial charge is 0.339 e. The van der Waals surface area contributed by atoms with E-state index < -0.39 is 5.97 Å². The van der Waals surface area contributed by atoms with Gasteiger partial charge in [-0.15, -0.1) is 5.10 Å². The summed E-state index contributed by atoms with van der Waals surface area (Å²) in [6.07, 6.45) is 3.04. The lowest BCUT2D eigenvalue weighted by Gasteiger charge is -2.11. The van der Waals surface area contributed by atoms with Crippen molar-refractivity contribution in [3.63, 3.8) is 0 Å². The SMILES string of the molecule is CCC1=C(CC(=O)On2nnc3ccccc32)c2c(OC)cccc2/C1=C\c1ccc2ccccc2c1. The number of rotatable bonds is 6. The lowest BCUT2D eigenvalue weighted by molar-refractivity contribution is -0.144. The fourth-order valence-corrected chi connectivity index (χ4v) is 5.13. The summed E-state index contributed by atoms with van der Waals surface area (Å²) in [6, 6.07) is 28.2. The predicted molar refractivity (Wildman–Crippen MR) is 146 cm³/mol. The van der Waals surface area contributed by atoms with Gasteiger partial charge in [0.25, 0.3) is 0 Å². The van der Waals surface area contributed by atoms with Crippen LogP contribution in [0.25, 0.3) is 39.0 Å². The molecule has 0 bridgehead atoms. The molecule has 0 saturated heterocycles. The van der Waals surface area contributed by atoms with Crippen molar-refractivity contribution in [1.29, 1.82) is 0 Å². The first-order chi connectivity index (χ1) is 18.2. The van der Waals surface area contributed by atoms with Crippen molar-refractivity contribution in [1.82, 2.24) is 15.2 Å². The Morgan fingerprint density at radius 1 is 0.919 bits per heavy atom. The van der Waals surface area contributed by atoms with E-state index in [0.717, 1.165) is 45.6 Å². The largest absolute Gasteiger partial charge is 0.496 e. The summed E-state index contributed by atoms with van der Waals surface area (Å²) >= 11 is 0. The Kier molecular flexibility index (Phi) is 5.77. The van der Waals surface area contributed by atoms with E-state index in [9.17, 15) is 4.79 Å². The van der Waals surface area contributed by atoms with Gasteiger partial charge in [-0.1, -0.05) is 72.4 Å². The Hall–Kier alpha value is -4.71. The molecule has 1 aromatic heterocycles. The van der Waals surface area contributed by atoms with Gasteiger partial charge in [-0.25, -0.2) is 4.79 Å². The third-order valence-corrected chi connectivity index (χ3v) is 6.80. The van der Waals surface area contributed by atoms with Crippen molar-refractivity contribution < 1.29 is 14.4 Å². The number of nitrogens with zero attached hydrogens (tertiary/aromatic N) is 3. The first-order valence-corrected chi connectivity index (χ1v) is 12.3. The first-order valence-electron chi connectivity index (χ1n) is 12.3. The minimum Gasteiger partial charge on any atom is -0.496 e. The maximum Gasteiger partial charge on any atom is 0.339 e. The quantitative estimate of drug-likeness (QED) is 0.261. The van der Waals surface area contributed by atoms with Gasteiger partial charge in [-0.3, -0.25) is 0 Å². The van der Waals surface area contributed by atoms with Crippen LogP contribution in [-0.4, -0.2) is 28.2 Å². The van der Waals surface area contributed by atoms with Gasteiger partial charge in [-0.2, -0.15) is 0 Å². The Morgan fingerprint density at radius 2 is 1.73 bits per heavy atom. The summed E-state index contributed by atoms with van der Waals surface area (Å²) in [5.41, 5.74) is 7.52. The molecule has 182 valence electrons. The molecule has 0 unspecified atom stereocenters. The number of para-hydroxylation sites is 1. The zero-order valence-electron chi connectivity index (χ0n) is 20.6. The zero-order chi connectivity index (χ0) is 25.4. The van der Waals surface area contributed by atoms with Crippen LogP contribution in [0.3, 0.4) is 0 Å². The van der Waals surface area contributed by atoms with Gasteiger partial charge in [0.1, 0.15) is 16.8 Å². The molecular weight excluding hydrogens is 462 g/mol. The number of fused-ring (bicyclic) bond motifs is 3. The monoisotopic (exact) mass is 487 g/mol. The summed E-state index contributed by atoms with van der Waals surface area (Å²) in [5, 5.41) is 10.5. The summed E-state index contributed by atoms with van der Waals surface area (Å²) in [4.78, 5) is 20.0. The molecule has 6 nitrogen and oxygen atoms in total. The molecule has 37 heavy (non-hydrogen) atoms. The van der Waals surface area contributed by atoms with Crippen LogP contribution in [0.1, 0.15) is 36.5 Å². The van der Waals surface area contributed by atoms with E-state index in [1.165, 1.54) is 15.6 Å². The summed E-state index contributed by atoms with van der Waals surface area (Å²) in [5.74, 6) is 0.319. The molecule has 4 aromatic carbocycles. The van der Waals surface area contributed by atoms with Crippen molar-refractivity contribution in [3.8, 4) is 5.75 Å². The first kappa shape index (κ1) is 22.7. The summed E-state index contributed by atoms with van der Waals surface area (Å²) in [7, 11) is 1.66. The number of allylic oxidation sites excluding steroid dienone is 2. The van der Waals surface area contributed by atoms with Crippen LogP contribution < -0.4 is 9.57 Å². The lowest BCUT2D eigenvalue weighted by Crippen LogP contribution is -2.21. The molecule has 0 radical (unpaired) electrons. The number of methoxy groups -OCH3 is 1. The van der Waals surface area contributed by atoms with E-state index in [1.807, 2.05) is 42.5 Å². The maximum atomic E-state index is 13.2. The Morgan fingerprint density at radius 3 is 2.57 bits per heavy atom. The van der Waals surface area contributed by atoms with Gasteiger partial charge >= 0.3 is 5.97 Å². The Bertz CT molecular complexity index is 1730. The average molecular weight is 488 g/mol. The topological polar surface area (TPSA) is 66.2 Å². The van der Waals surface area contributed by atoms with Crippen LogP contribution in [0, 0.1) is 0 Å². The summed E-state index contributed by atoms with van der Waals surface area (Å²) in [6.45, 7) is 2.11. The van der Waals surface area contributed by atoms with Crippen molar-refractivity contribution in [2.45, 2.75) is 19.8 Å². The Labute approximate surface area is 214 Å². The highest BCUT2D eigenvalue weighted by atomic mass is 16.7. The Balaban J connectivity index is 1.41. The minimum atomic E-state index is -0.416. The molecule has 0 spiro atoms. The van der Waals surface area contributed by atoms with Crippen LogP contribution in [0.4, 0.5) is 0 Å². The molecule has 0 N–H and O–H groups in total. The molecule has 0 aliphatic heterocycles. The van der Waals surface area contributed by atoms with Crippen LogP contribution >= 0.6 is 0 Å². The van der Waals surface area contributed by atoms with E-state index >= 15 is 0 Å². The van der Waals surface area contributed by atoms with Gasteiger partial charge in [0.05, 0.1) is 13.5 Å². The van der Waals surface area contributed by atoms with Crippen molar-refractivity contribution in [2.24, 2.45) is 0 Å². The second kappa shape index (κ2) is 9.39. The van der Waals surface area contributed by atoms with Gasteiger partial charge in [0, 0.05) is 5.56 Å². The van der Waals surface area contributed by atoms with Gasteiger partial charge < -0.3 is 9.57 Å². The standard InChI is InChI=1S/C31H25N3O3/c1-3-23-25(18-20-15-16-21-9-4-5-10-22(21)17-20)24-11-8-14-29(36-2)31(24)26(23)19-30(35)37-34-28-13-7-6-12-27(28)32-33-34/h4-18H,3,19H2,1-2H3/b25-18-. The fraction of sp³-hybridized carbons (Fsp3) is 0.129. The van der Waals surface area contributed by atoms with Gasteiger partial charge in [-0.05, 0) is 80.6 Å². The van der Waals surface area contributed by atoms with E-state index in [2.05, 4.69) is 65.8 Å². The summed E-state index contributed by atoms with van der Waals surface area (Å²) < 4.78 is 5.74. The number of aromatic nitrogens is 3. The molecule has 0 atom stereocenters. The number of carbonyl (C=O) groups is 1. The third kappa shape index (κ3) is 4.06. The van der Waals surface area contributed by atoms with Crippen molar-refractivity contribution in [3.05, 3.63) is 107 Å². The second-order valence-electron chi connectivity index (χ2n) is 8.95. The molecule has 0 amide bonds. The normalized spacial score (nSPS) is 13.9. The number of hydrogen-bond donors (Lipinski definition) is 0. The highest BCUT2D eigenvalue weighted by Gasteiger charge is 2.30. The highest BCUT2D eigenvalue weighted by molar-refractivity contribution is 6.09. The predicted octanol–water partition coefficient (Wildman–Crippen LogP) is 6.36. The third-order valence-electron chi connectivity index (χ3n) is 6.80. The van der Waals surface area contributed by atoms with Crippen LogP contribution in [0.2, 0.25) is 0 Å². The van der Waals surface area contributed by atoms with Crippen LogP contribution in [-0.2, 0) is 4.79 Å². The number of carbonyl (C=O) groups excluding carboxylic acids is 1. The van der Waals surface area contributed by atoms with E-state index in [1.54, 1.807) is 7.11 Å². The lowest BCUT2D eigenvalue weighted by atomic mass is 9.97.